The molecule has 0 bridgehead atoms. The fourth-order valence-corrected chi connectivity index (χ4v) is 2.00. The van der Waals surface area contributed by atoms with Crippen LogP contribution in [0.25, 0.3) is 0 Å². The Hall–Kier alpha value is -2.05. The first-order chi connectivity index (χ1) is 9.29. The van der Waals surface area contributed by atoms with Crippen LogP contribution in [0.5, 0.6) is 0 Å². The molecule has 1 saturated heterocycles. The van der Waals surface area contributed by atoms with E-state index in [0.717, 1.165) is 17.0 Å². The second-order valence-electron chi connectivity index (χ2n) is 4.77. The van der Waals surface area contributed by atoms with Gasteiger partial charge in [0, 0.05) is 13.0 Å². The number of urea groups is 1. The Bertz CT molecular complexity index is 543. The Morgan fingerprint density at radius 2 is 2.00 bits per heavy atom. The highest BCUT2D eigenvalue weighted by Crippen LogP contribution is 2.32. The predicted octanol–water partition coefficient (Wildman–Crippen LogP) is 2.79. The molecule has 0 aliphatic carbocycles. The number of amides is 3. The van der Waals surface area contributed by atoms with E-state index in [2.05, 4.69) is 5.32 Å². The first-order valence-corrected chi connectivity index (χ1v) is 6.07. The largest absolute Gasteiger partial charge is 0.416 e. The minimum atomic E-state index is -4.52. The predicted molar refractivity (Wildman–Crippen MR) is 66.1 cm³/mol. The number of halogens is 3. The van der Waals surface area contributed by atoms with Gasteiger partial charge in [0.25, 0.3) is 0 Å². The maximum atomic E-state index is 12.7. The Kier molecular flexibility index (Phi) is 3.69. The van der Waals surface area contributed by atoms with Gasteiger partial charge in [-0.25, -0.2) is 9.69 Å². The molecule has 1 fully saturated rings. The number of hydrogen-bond acceptors (Lipinski definition) is 2. The fourth-order valence-electron chi connectivity index (χ4n) is 2.00. The van der Waals surface area contributed by atoms with Gasteiger partial charge < -0.3 is 5.32 Å². The molecule has 1 aromatic rings. The summed E-state index contributed by atoms with van der Waals surface area (Å²) in [6.07, 6.45) is -4.41. The third-order valence-electron chi connectivity index (χ3n) is 3.01. The normalized spacial score (nSPS) is 20.6. The van der Waals surface area contributed by atoms with Crippen molar-refractivity contribution in [2.75, 3.05) is 11.4 Å². The lowest BCUT2D eigenvalue weighted by molar-refractivity contribution is -0.137. The van der Waals surface area contributed by atoms with Gasteiger partial charge in [0.05, 0.1) is 11.3 Å². The van der Waals surface area contributed by atoms with Gasteiger partial charge in [-0.15, -0.1) is 0 Å². The van der Waals surface area contributed by atoms with Gasteiger partial charge in [-0.1, -0.05) is 13.0 Å². The highest BCUT2D eigenvalue weighted by Gasteiger charge is 2.33. The van der Waals surface area contributed by atoms with Gasteiger partial charge in [-0.3, -0.25) is 4.79 Å². The molecular formula is C13H13F3N2O2. The fraction of sp³-hybridized carbons (Fsp3) is 0.385. The number of carbonyl (C=O) groups is 2. The van der Waals surface area contributed by atoms with E-state index in [4.69, 9.17) is 0 Å². The molecule has 7 heteroatoms. The summed E-state index contributed by atoms with van der Waals surface area (Å²) in [5, 5.41) is 2.52. The number of nitrogens with zero attached hydrogens (tertiary/aromatic N) is 1. The molecule has 1 aliphatic rings. The molecule has 4 nitrogen and oxygen atoms in total. The van der Waals surface area contributed by atoms with Crippen LogP contribution in [0.2, 0.25) is 0 Å². The topological polar surface area (TPSA) is 49.4 Å². The lowest BCUT2D eigenvalue weighted by atomic mass is 10.1. The standard InChI is InChI=1S/C13H13F3N2O2/c1-8-5-11(19)18(12(20)17-7-8)10-4-2-3-9(6-10)13(14,15)16/h2-4,6,8H,5,7H2,1H3,(H,17,20). The molecular weight excluding hydrogens is 273 g/mol. The molecule has 1 N–H and O–H groups in total. The smallest absolute Gasteiger partial charge is 0.337 e. The lowest BCUT2D eigenvalue weighted by Crippen LogP contribution is -2.41. The van der Waals surface area contributed by atoms with Crippen LogP contribution in [-0.2, 0) is 11.0 Å². The van der Waals surface area contributed by atoms with E-state index in [1.54, 1.807) is 6.92 Å². The van der Waals surface area contributed by atoms with E-state index in [9.17, 15) is 22.8 Å². The third-order valence-corrected chi connectivity index (χ3v) is 3.01. The number of imide groups is 1. The molecule has 0 radical (unpaired) electrons. The van der Waals surface area contributed by atoms with E-state index in [1.165, 1.54) is 12.1 Å². The number of benzene rings is 1. The molecule has 108 valence electrons. The summed E-state index contributed by atoms with van der Waals surface area (Å²) in [6.45, 7) is 2.11. The molecule has 0 aromatic heterocycles. The van der Waals surface area contributed by atoms with Crippen molar-refractivity contribution in [3.05, 3.63) is 29.8 Å². The second-order valence-corrected chi connectivity index (χ2v) is 4.77. The molecule has 1 unspecified atom stereocenters. The maximum absolute atomic E-state index is 12.7. The van der Waals surface area contributed by atoms with Gasteiger partial charge in [-0.05, 0) is 24.1 Å². The molecule has 1 atom stereocenters. The van der Waals surface area contributed by atoms with Crippen LogP contribution in [-0.4, -0.2) is 18.5 Å². The number of alkyl halides is 3. The van der Waals surface area contributed by atoms with E-state index < -0.39 is 23.7 Å². The minimum absolute atomic E-state index is 0.0535. The van der Waals surface area contributed by atoms with Crippen LogP contribution >= 0.6 is 0 Å². The van der Waals surface area contributed by atoms with Gasteiger partial charge >= 0.3 is 12.2 Å². The SMILES string of the molecule is CC1CNC(=O)N(c2cccc(C(F)(F)F)c2)C(=O)C1. The highest BCUT2D eigenvalue weighted by molar-refractivity contribution is 6.14. The number of anilines is 1. The molecule has 1 aromatic carbocycles. The summed E-state index contributed by atoms with van der Waals surface area (Å²) in [7, 11) is 0. The zero-order chi connectivity index (χ0) is 14.9. The minimum Gasteiger partial charge on any atom is -0.337 e. The summed E-state index contributed by atoms with van der Waals surface area (Å²) in [4.78, 5) is 24.6. The summed E-state index contributed by atoms with van der Waals surface area (Å²) >= 11 is 0. The quantitative estimate of drug-likeness (QED) is 0.863. The summed E-state index contributed by atoms with van der Waals surface area (Å²) < 4.78 is 38.0. The Morgan fingerprint density at radius 1 is 1.30 bits per heavy atom. The van der Waals surface area contributed by atoms with Crippen molar-refractivity contribution in [3.63, 3.8) is 0 Å². The average molecular weight is 286 g/mol. The highest BCUT2D eigenvalue weighted by atomic mass is 19.4. The van der Waals surface area contributed by atoms with Crippen molar-refractivity contribution in [1.82, 2.24) is 5.32 Å². The zero-order valence-corrected chi connectivity index (χ0v) is 10.7. The number of nitrogens with one attached hydrogen (secondary N) is 1. The van der Waals surface area contributed by atoms with Crippen LogP contribution in [0, 0.1) is 5.92 Å². The van der Waals surface area contributed by atoms with Crippen LogP contribution in [0.3, 0.4) is 0 Å². The average Bonchev–Trinajstić information content (AvgIpc) is 2.47. The molecule has 1 aliphatic heterocycles. The third kappa shape index (κ3) is 2.92. The molecule has 20 heavy (non-hydrogen) atoms. The van der Waals surface area contributed by atoms with Crippen molar-refractivity contribution in [1.29, 1.82) is 0 Å². The molecule has 0 spiro atoms. The summed E-state index contributed by atoms with van der Waals surface area (Å²) in [5.41, 5.74) is -0.968. The first kappa shape index (κ1) is 14.4. The van der Waals surface area contributed by atoms with Crippen LogP contribution in [0.1, 0.15) is 18.9 Å². The van der Waals surface area contributed by atoms with Gasteiger partial charge in [-0.2, -0.15) is 13.2 Å². The Labute approximate surface area is 113 Å². The van der Waals surface area contributed by atoms with Crippen molar-refractivity contribution in [3.8, 4) is 0 Å². The van der Waals surface area contributed by atoms with E-state index >= 15 is 0 Å². The van der Waals surface area contributed by atoms with E-state index in [1.807, 2.05) is 0 Å². The number of hydrogen-bond donors (Lipinski definition) is 1. The van der Waals surface area contributed by atoms with Crippen LogP contribution in [0.15, 0.2) is 24.3 Å². The zero-order valence-electron chi connectivity index (χ0n) is 10.7. The van der Waals surface area contributed by atoms with Crippen molar-refractivity contribution in [2.24, 2.45) is 5.92 Å². The molecule has 2 rings (SSSR count). The molecule has 1 heterocycles. The summed E-state index contributed by atoms with van der Waals surface area (Å²) in [5.74, 6) is -0.561. The monoisotopic (exact) mass is 286 g/mol. The number of rotatable bonds is 1. The maximum Gasteiger partial charge on any atom is 0.416 e. The van der Waals surface area contributed by atoms with Crippen LogP contribution < -0.4 is 10.2 Å². The van der Waals surface area contributed by atoms with Crippen LogP contribution in [0.4, 0.5) is 23.7 Å². The first-order valence-electron chi connectivity index (χ1n) is 6.07. The van der Waals surface area contributed by atoms with Crippen molar-refractivity contribution < 1.29 is 22.8 Å². The van der Waals surface area contributed by atoms with Gasteiger partial charge in [0.2, 0.25) is 5.91 Å². The summed E-state index contributed by atoms with van der Waals surface area (Å²) in [6, 6.07) is 3.48. The van der Waals surface area contributed by atoms with E-state index in [0.29, 0.717) is 6.54 Å². The van der Waals surface area contributed by atoms with Crippen molar-refractivity contribution in [2.45, 2.75) is 19.5 Å². The Morgan fingerprint density at radius 3 is 2.65 bits per heavy atom. The van der Waals surface area contributed by atoms with Crippen molar-refractivity contribution >= 4 is 17.6 Å². The van der Waals surface area contributed by atoms with E-state index in [-0.39, 0.29) is 18.0 Å². The van der Waals surface area contributed by atoms with Gasteiger partial charge in [0.1, 0.15) is 0 Å². The Balaban J connectivity index is 2.38. The second kappa shape index (κ2) is 5.15. The molecule has 3 amide bonds. The molecule has 0 saturated carbocycles. The lowest BCUT2D eigenvalue weighted by Gasteiger charge is -2.19. The number of carbonyl (C=O) groups excluding carboxylic acids is 2. The van der Waals surface area contributed by atoms with Gasteiger partial charge in [0.15, 0.2) is 0 Å².